The minimum absolute atomic E-state index is 0.246. The molecule has 0 bridgehead atoms. The summed E-state index contributed by atoms with van der Waals surface area (Å²) >= 11 is 0. The summed E-state index contributed by atoms with van der Waals surface area (Å²) in [5, 5.41) is 9.35. The highest BCUT2D eigenvalue weighted by atomic mass is 32.2. The van der Waals surface area contributed by atoms with Gasteiger partial charge in [-0.15, -0.1) is 0 Å². The second-order valence-electron chi connectivity index (χ2n) is 5.73. The van der Waals surface area contributed by atoms with Gasteiger partial charge in [-0.3, -0.25) is 0 Å². The molecule has 0 saturated heterocycles. The Balaban J connectivity index is 1.77. The molecular weight excluding hydrogens is 324 g/mol. The summed E-state index contributed by atoms with van der Waals surface area (Å²) in [6, 6.07) is 14.0. The number of hydrogen-bond acceptors (Lipinski definition) is 4. The average molecular weight is 342 g/mol. The molecule has 124 valence electrons. The molecule has 1 N–H and O–H groups in total. The van der Waals surface area contributed by atoms with Gasteiger partial charge in [0.2, 0.25) is 0 Å². The van der Waals surface area contributed by atoms with Crippen molar-refractivity contribution in [1.29, 1.82) is 0 Å². The summed E-state index contributed by atoms with van der Waals surface area (Å²) in [5.41, 5.74) is 2.07. The standard InChI is InChI=1S/C18H18N2O3S/c1-24(22,23)17-8-4-14(5-9-17)12-18-19-10-11-20(18)13-15-2-6-16(21)7-3-15/h2-11,21H,12-13H2,1H3. The lowest BCUT2D eigenvalue weighted by Gasteiger charge is -2.09. The van der Waals surface area contributed by atoms with E-state index >= 15 is 0 Å². The lowest BCUT2D eigenvalue weighted by molar-refractivity contribution is 0.475. The minimum Gasteiger partial charge on any atom is -0.508 e. The molecule has 5 nitrogen and oxygen atoms in total. The molecular formula is C18H18N2O3S. The van der Waals surface area contributed by atoms with Crippen LogP contribution in [-0.2, 0) is 22.8 Å². The number of rotatable bonds is 5. The Morgan fingerprint density at radius 1 is 1.00 bits per heavy atom. The van der Waals surface area contributed by atoms with Gasteiger partial charge in [0, 0.05) is 31.6 Å². The molecule has 6 heteroatoms. The predicted octanol–water partition coefficient (Wildman–Crippen LogP) is 2.63. The molecule has 0 aliphatic rings. The van der Waals surface area contributed by atoms with Crippen molar-refractivity contribution in [3.8, 4) is 5.75 Å². The van der Waals surface area contributed by atoms with Gasteiger partial charge in [-0.1, -0.05) is 24.3 Å². The van der Waals surface area contributed by atoms with E-state index in [0.29, 0.717) is 17.9 Å². The summed E-state index contributed by atoms with van der Waals surface area (Å²) in [6.07, 6.45) is 5.48. The Morgan fingerprint density at radius 3 is 2.25 bits per heavy atom. The smallest absolute Gasteiger partial charge is 0.175 e. The first-order valence-electron chi connectivity index (χ1n) is 7.49. The summed E-state index contributed by atoms with van der Waals surface area (Å²) < 4.78 is 25.1. The highest BCUT2D eigenvalue weighted by molar-refractivity contribution is 7.90. The zero-order valence-corrected chi connectivity index (χ0v) is 14.1. The second kappa shape index (κ2) is 6.49. The molecule has 0 radical (unpaired) electrons. The van der Waals surface area contributed by atoms with Crippen LogP contribution in [0.3, 0.4) is 0 Å². The Hall–Kier alpha value is -2.60. The summed E-state index contributed by atoms with van der Waals surface area (Å²) in [5.74, 6) is 1.14. The molecule has 0 aliphatic heterocycles. The van der Waals surface area contributed by atoms with Gasteiger partial charge in [-0.2, -0.15) is 0 Å². The Bertz CT molecular complexity index is 927. The number of phenolic OH excluding ortho intramolecular Hbond substituents is 1. The fourth-order valence-electron chi connectivity index (χ4n) is 2.49. The average Bonchev–Trinajstić information content (AvgIpc) is 2.96. The number of nitrogens with zero attached hydrogens (tertiary/aromatic N) is 2. The predicted molar refractivity (Wildman–Crippen MR) is 91.8 cm³/mol. The summed E-state index contributed by atoms with van der Waals surface area (Å²) in [4.78, 5) is 4.71. The Labute approximate surface area is 141 Å². The molecule has 3 aromatic rings. The van der Waals surface area contributed by atoms with Crippen LogP contribution in [0.25, 0.3) is 0 Å². The lowest BCUT2D eigenvalue weighted by Crippen LogP contribution is -2.05. The molecule has 0 fully saturated rings. The van der Waals surface area contributed by atoms with Crippen molar-refractivity contribution < 1.29 is 13.5 Å². The molecule has 0 atom stereocenters. The number of sulfone groups is 1. The third-order valence-corrected chi connectivity index (χ3v) is 4.93. The Morgan fingerprint density at radius 2 is 1.62 bits per heavy atom. The zero-order valence-electron chi connectivity index (χ0n) is 13.3. The van der Waals surface area contributed by atoms with Crippen LogP contribution in [-0.4, -0.2) is 29.3 Å². The molecule has 0 unspecified atom stereocenters. The third-order valence-electron chi connectivity index (χ3n) is 3.80. The highest BCUT2D eigenvalue weighted by Crippen LogP contribution is 2.15. The molecule has 1 aromatic heterocycles. The number of phenols is 1. The van der Waals surface area contributed by atoms with Crippen molar-refractivity contribution >= 4 is 9.84 Å². The first kappa shape index (κ1) is 16.3. The van der Waals surface area contributed by atoms with Crippen molar-refractivity contribution in [3.63, 3.8) is 0 Å². The van der Waals surface area contributed by atoms with E-state index in [1.54, 1.807) is 30.5 Å². The fourth-order valence-corrected chi connectivity index (χ4v) is 3.12. The van der Waals surface area contributed by atoms with Crippen LogP contribution in [0.5, 0.6) is 5.75 Å². The maximum Gasteiger partial charge on any atom is 0.175 e. The summed E-state index contributed by atoms with van der Waals surface area (Å²) in [6.45, 7) is 0.664. The first-order valence-corrected chi connectivity index (χ1v) is 9.38. The number of aromatic hydroxyl groups is 1. The maximum atomic E-state index is 11.5. The topological polar surface area (TPSA) is 72.2 Å². The van der Waals surface area contributed by atoms with Gasteiger partial charge in [0.25, 0.3) is 0 Å². The minimum atomic E-state index is -3.18. The first-order chi connectivity index (χ1) is 11.4. The van der Waals surface area contributed by atoms with E-state index in [9.17, 15) is 13.5 Å². The van der Waals surface area contributed by atoms with E-state index in [1.165, 1.54) is 6.26 Å². The Kier molecular flexibility index (Phi) is 4.40. The molecule has 2 aromatic carbocycles. The van der Waals surface area contributed by atoms with E-state index in [-0.39, 0.29) is 5.75 Å². The molecule has 0 spiro atoms. The van der Waals surface area contributed by atoms with Crippen LogP contribution in [0.2, 0.25) is 0 Å². The maximum absolute atomic E-state index is 11.5. The SMILES string of the molecule is CS(=O)(=O)c1ccc(Cc2nccn2Cc2ccc(O)cc2)cc1. The molecule has 24 heavy (non-hydrogen) atoms. The largest absolute Gasteiger partial charge is 0.508 e. The van der Waals surface area contributed by atoms with Gasteiger partial charge in [0.1, 0.15) is 11.6 Å². The lowest BCUT2D eigenvalue weighted by atomic mass is 10.1. The van der Waals surface area contributed by atoms with Crippen LogP contribution >= 0.6 is 0 Å². The fraction of sp³-hybridized carbons (Fsp3) is 0.167. The summed E-state index contributed by atoms with van der Waals surface area (Å²) in [7, 11) is -3.18. The number of aromatic nitrogens is 2. The molecule has 0 amide bonds. The monoisotopic (exact) mass is 342 g/mol. The van der Waals surface area contributed by atoms with E-state index in [0.717, 1.165) is 17.0 Å². The number of hydrogen-bond donors (Lipinski definition) is 1. The highest BCUT2D eigenvalue weighted by Gasteiger charge is 2.08. The van der Waals surface area contributed by atoms with E-state index < -0.39 is 9.84 Å². The van der Waals surface area contributed by atoms with Crippen molar-refractivity contribution in [2.75, 3.05) is 6.26 Å². The van der Waals surface area contributed by atoms with Crippen molar-refractivity contribution in [2.24, 2.45) is 0 Å². The third kappa shape index (κ3) is 3.83. The van der Waals surface area contributed by atoms with Crippen molar-refractivity contribution in [2.45, 2.75) is 17.9 Å². The van der Waals surface area contributed by atoms with Crippen LogP contribution < -0.4 is 0 Å². The molecule has 0 saturated carbocycles. The van der Waals surface area contributed by atoms with Gasteiger partial charge in [-0.25, -0.2) is 13.4 Å². The van der Waals surface area contributed by atoms with E-state index in [4.69, 9.17) is 0 Å². The van der Waals surface area contributed by atoms with Crippen LogP contribution in [0.1, 0.15) is 17.0 Å². The van der Waals surface area contributed by atoms with Gasteiger partial charge in [0.05, 0.1) is 4.90 Å². The number of imidazole rings is 1. The van der Waals surface area contributed by atoms with Gasteiger partial charge >= 0.3 is 0 Å². The van der Waals surface area contributed by atoms with Crippen LogP contribution in [0.15, 0.2) is 65.8 Å². The number of benzene rings is 2. The van der Waals surface area contributed by atoms with E-state index in [2.05, 4.69) is 4.98 Å². The van der Waals surface area contributed by atoms with Crippen molar-refractivity contribution in [1.82, 2.24) is 9.55 Å². The molecule has 1 heterocycles. The quantitative estimate of drug-likeness (QED) is 0.774. The van der Waals surface area contributed by atoms with Gasteiger partial charge < -0.3 is 9.67 Å². The molecule has 0 aliphatic carbocycles. The van der Waals surface area contributed by atoms with Gasteiger partial charge in [-0.05, 0) is 35.4 Å². The normalized spacial score (nSPS) is 11.5. The van der Waals surface area contributed by atoms with Crippen LogP contribution in [0.4, 0.5) is 0 Å². The molecule has 3 rings (SSSR count). The van der Waals surface area contributed by atoms with Crippen molar-refractivity contribution in [3.05, 3.63) is 77.9 Å². The second-order valence-corrected chi connectivity index (χ2v) is 7.75. The van der Waals surface area contributed by atoms with Crippen LogP contribution in [0, 0.1) is 0 Å². The van der Waals surface area contributed by atoms with Gasteiger partial charge in [0.15, 0.2) is 9.84 Å². The van der Waals surface area contributed by atoms with E-state index in [1.807, 2.05) is 35.0 Å². The zero-order chi connectivity index (χ0) is 17.2.